The second-order valence-electron chi connectivity index (χ2n) is 3.33. The van der Waals surface area contributed by atoms with E-state index in [0.717, 1.165) is 0 Å². The van der Waals surface area contributed by atoms with Crippen LogP contribution >= 0.6 is 11.5 Å². The number of anilines is 1. The zero-order valence-electron chi connectivity index (χ0n) is 9.53. The van der Waals surface area contributed by atoms with E-state index in [-0.39, 0.29) is 6.03 Å². The van der Waals surface area contributed by atoms with Gasteiger partial charge in [-0.05, 0) is 31.5 Å². The number of urea groups is 1. The Bertz CT molecular complexity index is 383. The fraction of sp³-hybridized carbons (Fsp3) is 0.400. The van der Waals surface area contributed by atoms with Crippen molar-refractivity contribution in [3.63, 3.8) is 0 Å². The summed E-state index contributed by atoms with van der Waals surface area (Å²) in [5, 5.41) is 5.74. The first-order valence-corrected chi connectivity index (χ1v) is 5.60. The van der Waals surface area contributed by atoms with Crippen molar-refractivity contribution in [3.05, 3.63) is 17.7 Å². The number of nitrogens with one attached hydrogen (secondary N) is 2. The van der Waals surface area contributed by atoms with Crippen molar-refractivity contribution in [2.24, 2.45) is 0 Å². The van der Waals surface area contributed by atoms with Gasteiger partial charge in [0, 0.05) is 13.1 Å². The van der Waals surface area contributed by atoms with E-state index in [1.165, 1.54) is 17.1 Å². The van der Waals surface area contributed by atoms with Crippen LogP contribution in [0, 0.1) is 0 Å². The number of hydrogen-bond acceptors (Lipinski definition) is 4. The molecular formula is C10H15N3O2S. The number of ether oxygens (including phenoxy) is 1. The minimum atomic E-state index is -0.264. The number of aromatic nitrogens is 1. The summed E-state index contributed by atoms with van der Waals surface area (Å²) in [5.41, 5.74) is 1.19. The molecule has 5 nitrogen and oxygen atoms in total. The van der Waals surface area contributed by atoms with Crippen molar-refractivity contribution in [1.29, 1.82) is 0 Å². The summed E-state index contributed by atoms with van der Waals surface area (Å²) < 4.78 is 9.41. The van der Waals surface area contributed by atoms with Crippen LogP contribution in [-0.2, 0) is 0 Å². The zero-order chi connectivity index (χ0) is 12.0. The fourth-order valence-corrected chi connectivity index (χ4v) is 1.44. The molecule has 6 heteroatoms. The van der Waals surface area contributed by atoms with E-state index in [1.54, 1.807) is 13.1 Å². The zero-order valence-corrected chi connectivity index (χ0v) is 10.4. The maximum absolute atomic E-state index is 11.0. The Labute approximate surface area is 98.7 Å². The van der Waals surface area contributed by atoms with Crippen LogP contribution in [0.1, 0.15) is 13.8 Å². The van der Waals surface area contributed by atoms with Crippen LogP contribution < -0.4 is 15.4 Å². The predicted molar refractivity (Wildman–Crippen MR) is 65.1 cm³/mol. The molecule has 0 bridgehead atoms. The van der Waals surface area contributed by atoms with Crippen LogP contribution in [0.15, 0.2) is 17.7 Å². The van der Waals surface area contributed by atoms with Crippen LogP contribution in [0.25, 0.3) is 0 Å². The highest BCUT2D eigenvalue weighted by atomic mass is 32.1. The van der Waals surface area contributed by atoms with Crippen molar-refractivity contribution in [2.45, 2.75) is 13.8 Å². The Hall–Kier alpha value is -1.56. The average Bonchev–Trinajstić information content (AvgIpc) is 2.65. The lowest BCUT2D eigenvalue weighted by Gasteiger charge is -1.98. The van der Waals surface area contributed by atoms with Gasteiger partial charge in [-0.1, -0.05) is 5.57 Å². The number of rotatable bonds is 4. The number of amides is 2. The largest absolute Gasteiger partial charge is 0.473 e. The first-order chi connectivity index (χ1) is 7.61. The number of hydrogen-bond donors (Lipinski definition) is 2. The molecule has 16 heavy (non-hydrogen) atoms. The van der Waals surface area contributed by atoms with Crippen molar-refractivity contribution in [3.8, 4) is 5.88 Å². The van der Waals surface area contributed by atoms with Gasteiger partial charge in [0.1, 0.15) is 11.6 Å². The van der Waals surface area contributed by atoms with Crippen LogP contribution in [0.3, 0.4) is 0 Å². The molecular weight excluding hydrogens is 226 g/mol. The van der Waals surface area contributed by atoms with Crippen LogP contribution in [0.2, 0.25) is 0 Å². The molecule has 0 spiro atoms. The molecule has 2 amide bonds. The Balaban J connectivity index is 2.45. The van der Waals surface area contributed by atoms with E-state index in [2.05, 4.69) is 15.0 Å². The molecule has 0 atom stereocenters. The molecule has 88 valence electrons. The minimum absolute atomic E-state index is 0.264. The van der Waals surface area contributed by atoms with E-state index in [4.69, 9.17) is 4.74 Å². The predicted octanol–water partition coefficient (Wildman–Crippen LogP) is 2.24. The van der Waals surface area contributed by atoms with Gasteiger partial charge in [0.25, 0.3) is 0 Å². The molecule has 0 aliphatic rings. The SMILES string of the molecule is CNC(=O)Nc1cc(OCC=C(C)C)ns1. The molecule has 0 saturated carbocycles. The highest BCUT2D eigenvalue weighted by molar-refractivity contribution is 7.10. The lowest BCUT2D eigenvalue weighted by atomic mass is 10.3. The molecule has 0 unspecified atom stereocenters. The van der Waals surface area contributed by atoms with E-state index < -0.39 is 0 Å². The second-order valence-corrected chi connectivity index (χ2v) is 4.13. The van der Waals surface area contributed by atoms with Gasteiger partial charge in [0.15, 0.2) is 0 Å². The van der Waals surface area contributed by atoms with Crippen molar-refractivity contribution in [1.82, 2.24) is 9.69 Å². The second kappa shape index (κ2) is 6.12. The van der Waals surface area contributed by atoms with Crippen LogP contribution in [-0.4, -0.2) is 24.1 Å². The molecule has 0 aliphatic carbocycles. The normalized spacial score (nSPS) is 9.44. The molecule has 0 aromatic carbocycles. The van der Waals surface area contributed by atoms with Crippen molar-refractivity contribution < 1.29 is 9.53 Å². The maximum atomic E-state index is 11.0. The van der Waals surface area contributed by atoms with Crippen LogP contribution in [0.4, 0.5) is 9.80 Å². The molecule has 2 N–H and O–H groups in total. The Morgan fingerprint density at radius 3 is 3.00 bits per heavy atom. The quantitative estimate of drug-likeness (QED) is 0.795. The summed E-state index contributed by atoms with van der Waals surface area (Å²) in [4.78, 5) is 11.0. The maximum Gasteiger partial charge on any atom is 0.319 e. The monoisotopic (exact) mass is 241 g/mol. The summed E-state index contributed by atoms with van der Waals surface area (Å²) in [6.45, 7) is 4.50. The smallest absolute Gasteiger partial charge is 0.319 e. The van der Waals surface area contributed by atoms with Crippen molar-refractivity contribution in [2.75, 3.05) is 19.0 Å². The van der Waals surface area contributed by atoms with E-state index >= 15 is 0 Å². The topological polar surface area (TPSA) is 63.2 Å². The molecule has 0 saturated heterocycles. The molecule has 0 fully saturated rings. The van der Waals surface area contributed by atoms with Gasteiger partial charge in [-0.3, -0.25) is 5.32 Å². The summed E-state index contributed by atoms with van der Waals surface area (Å²) in [5.74, 6) is 0.522. The summed E-state index contributed by atoms with van der Waals surface area (Å²) >= 11 is 1.18. The average molecular weight is 241 g/mol. The van der Waals surface area contributed by atoms with E-state index in [9.17, 15) is 4.79 Å². The first kappa shape index (κ1) is 12.5. The van der Waals surface area contributed by atoms with Crippen LogP contribution in [0.5, 0.6) is 5.88 Å². The molecule has 1 aromatic rings. The highest BCUT2D eigenvalue weighted by Crippen LogP contribution is 2.21. The fourth-order valence-electron chi connectivity index (χ4n) is 0.854. The molecule has 1 heterocycles. The molecule has 1 aromatic heterocycles. The third-order valence-electron chi connectivity index (χ3n) is 1.68. The van der Waals surface area contributed by atoms with E-state index in [1.807, 2.05) is 19.9 Å². The first-order valence-electron chi connectivity index (χ1n) is 4.83. The van der Waals surface area contributed by atoms with Crippen molar-refractivity contribution >= 4 is 22.6 Å². The van der Waals surface area contributed by atoms with E-state index in [0.29, 0.717) is 17.5 Å². The molecule has 0 radical (unpaired) electrons. The number of carbonyl (C=O) groups is 1. The molecule has 0 aliphatic heterocycles. The highest BCUT2D eigenvalue weighted by Gasteiger charge is 2.04. The Morgan fingerprint density at radius 2 is 2.38 bits per heavy atom. The number of allylic oxidation sites excluding steroid dienone is 1. The molecule has 1 rings (SSSR count). The minimum Gasteiger partial charge on any atom is -0.473 e. The van der Waals surface area contributed by atoms with Gasteiger partial charge in [-0.15, -0.1) is 0 Å². The lowest BCUT2D eigenvalue weighted by Crippen LogP contribution is -2.23. The number of nitrogens with zero attached hydrogens (tertiary/aromatic N) is 1. The summed E-state index contributed by atoms with van der Waals surface area (Å²) in [6, 6.07) is 1.43. The third-order valence-corrected chi connectivity index (χ3v) is 2.36. The lowest BCUT2D eigenvalue weighted by molar-refractivity contribution is 0.254. The Morgan fingerprint density at radius 1 is 1.62 bits per heavy atom. The van der Waals surface area contributed by atoms with Gasteiger partial charge in [0.05, 0.1) is 0 Å². The number of carbonyl (C=O) groups excluding carboxylic acids is 1. The summed E-state index contributed by atoms with van der Waals surface area (Å²) in [7, 11) is 1.56. The standard InChI is InChI=1S/C10H15N3O2S/c1-7(2)4-5-15-8-6-9(16-13-8)12-10(14)11-3/h4,6H,5H2,1-3H3,(H2,11,12,14). The van der Waals surface area contributed by atoms with Gasteiger partial charge >= 0.3 is 6.03 Å². The van der Waals surface area contributed by atoms with Gasteiger partial charge < -0.3 is 10.1 Å². The van der Waals surface area contributed by atoms with Gasteiger partial charge in [0.2, 0.25) is 5.88 Å². The van der Waals surface area contributed by atoms with Gasteiger partial charge in [-0.25, -0.2) is 4.79 Å². The third kappa shape index (κ3) is 4.31. The summed E-state index contributed by atoms with van der Waals surface area (Å²) in [6.07, 6.45) is 1.96. The van der Waals surface area contributed by atoms with Gasteiger partial charge in [-0.2, -0.15) is 4.37 Å². The Kier molecular flexibility index (Phi) is 4.78.